The summed E-state index contributed by atoms with van der Waals surface area (Å²) >= 11 is 3.58. The van der Waals surface area contributed by atoms with Crippen molar-refractivity contribution in [3.63, 3.8) is 0 Å². The molecule has 4 aliphatic rings. The number of nitrogens with one attached hydrogen (secondary N) is 1. The number of hydrogen-bond acceptors (Lipinski definition) is 4. The van der Waals surface area contributed by atoms with Crippen molar-refractivity contribution in [2.45, 2.75) is 24.9 Å². The van der Waals surface area contributed by atoms with Crippen LogP contribution in [-0.4, -0.2) is 36.9 Å². The molecule has 4 aliphatic heterocycles. The van der Waals surface area contributed by atoms with Crippen LogP contribution in [0.25, 0.3) is 0 Å². The van der Waals surface area contributed by atoms with E-state index >= 15 is 0 Å². The number of hydrogen-bond donors (Lipinski definition) is 1. The predicted molar refractivity (Wildman–Crippen MR) is 82.1 cm³/mol. The topological polar surface area (TPSA) is 36.9 Å². The number of nitrogens with zero attached hydrogens (tertiary/aromatic N) is 2. The van der Waals surface area contributed by atoms with Gasteiger partial charge in [-0.2, -0.15) is 5.10 Å². The maximum atomic E-state index is 5.31. The summed E-state index contributed by atoms with van der Waals surface area (Å²) in [6.45, 7) is 2.42. The molecule has 2 unspecified atom stereocenters. The van der Waals surface area contributed by atoms with Crippen molar-refractivity contribution in [3.05, 3.63) is 28.2 Å². The molecule has 20 heavy (non-hydrogen) atoms. The third-order valence-corrected chi connectivity index (χ3v) is 5.45. The quantitative estimate of drug-likeness (QED) is 0.902. The minimum atomic E-state index is 0.273. The van der Waals surface area contributed by atoms with Crippen LogP contribution in [-0.2, 0) is 0 Å². The molecular weight excluding hydrogens is 318 g/mol. The molecule has 4 heterocycles. The molecule has 3 saturated heterocycles. The van der Waals surface area contributed by atoms with Crippen LogP contribution in [0, 0.1) is 5.92 Å². The SMILES string of the molecule is COc1ccc(C2NN=C3C4CCN(CC4)C32)cc1Br. The molecule has 0 radical (unpaired) electrons. The predicted octanol–water partition coefficient (Wildman–Crippen LogP) is 2.55. The van der Waals surface area contributed by atoms with Crippen LogP contribution in [0.5, 0.6) is 5.75 Å². The standard InChI is InChI=1S/C15H18BrN3O/c1-20-12-3-2-10(8-11(12)16)14-15-13(17-18-14)9-4-6-19(15)7-5-9/h2-3,8-9,14-15,18H,4-7H2,1H3. The molecule has 2 bridgehead atoms. The maximum absolute atomic E-state index is 5.31. The van der Waals surface area contributed by atoms with Crippen LogP contribution in [0.2, 0.25) is 0 Å². The van der Waals surface area contributed by atoms with E-state index in [9.17, 15) is 0 Å². The van der Waals surface area contributed by atoms with Gasteiger partial charge in [-0.15, -0.1) is 0 Å². The van der Waals surface area contributed by atoms with Crippen molar-refractivity contribution in [3.8, 4) is 5.75 Å². The molecule has 0 amide bonds. The molecule has 2 atom stereocenters. The smallest absolute Gasteiger partial charge is 0.133 e. The Balaban J connectivity index is 1.66. The molecule has 1 aromatic rings. The van der Waals surface area contributed by atoms with E-state index in [1.54, 1.807) is 7.11 Å². The van der Waals surface area contributed by atoms with Crippen molar-refractivity contribution in [2.24, 2.45) is 11.0 Å². The third kappa shape index (κ3) is 1.79. The van der Waals surface area contributed by atoms with Gasteiger partial charge in [-0.05, 0) is 59.6 Å². The number of fused-ring (bicyclic) bond motifs is 2. The summed E-state index contributed by atoms with van der Waals surface area (Å²) < 4.78 is 6.32. The lowest BCUT2D eigenvalue weighted by atomic mass is 9.78. The van der Waals surface area contributed by atoms with E-state index in [2.05, 4.69) is 43.5 Å². The summed E-state index contributed by atoms with van der Waals surface area (Å²) in [6.07, 6.45) is 2.55. The molecule has 5 rings (SSSR count). The van der Waals surface area contributed by atoms with Gasteiger partial charge in [0.1, 0.15) is 5.75 Å². The second kappa shape index (κ2) is 4.74. The third-order valence-electron chi connectivity index (χ3n) is 4.83. The molecule has 1 aromatic carbocycles. The number of hydrazone groups is 1. The second-order valence-electron chi connectivity index (χ2n) is 5.79. The molecule has 0 aromatic heterocycles. The minimum absolute atomic E-state index is 0.273. The molecule has 3 fully saturated rings. The molecule has 4 nitrogen and oxygen atoms in total. The fourth-order valence-electron chi connectivity index (χ4n) is 3.79. The summed E-state index contributed by atoms with van der Waals surface area (Å²) in [4.78, 5) is 2.58. The molecule has 0 saturated carbocycles. The Bertz CT molecular complexity index is 566. The van der Waals surface area contributed by atoms with Gasteiger partial charge in [-0.1, -0.05) is 6.07 Å². The van der Waals surface area contributed by atoms with Crippen LogP contribution in [0.15, 0.2) is 27.8 Å². The Morgan fingerprint density at radius 3 is 2.85 bits per heavy atom. The Morgan fingerprint density at radius 1 is 1.35 bits per heavy atom. The van der Waals surface area contributed by atoms with Gasteiger partial charge in [-0.3, -0.25) is 4.90 Å². The first-order valence-electron chi connectivity index (χ1n) is 7.18. The fraction of sp³-hybridized carbons (Fsp3) is 0.533. The Labute approximate surface area is 127 Å². The van der Waals surface area contributed by atoms with Gasteiger partial charge < -0.3 is 10.2 Å². The Morgan fingerprint density at radius 2 is 2.15 bits per heavy atom. The lowest BCUT2D eigenvalue weighted by molar-refractivity contribution is 0.133. The summed E-state index contributed by atoms with van der Waals surface area (Å²) in [7, 11) is 1.70. The molecule has 5 heteroatoms. The van der Waals surface area contributed by atoms with E-state index in [1.165, 1.54) is 37.2 Å². The highest BCUT2D eigenvalue weighted by Crippen LogP contribution is 2.40. The van der Waals surface area contributed by atoms with E-state index in [1.807, 2.05) is 6.07 Å². The van der Waals surface area contributed by atoms with Gasteiger partial charge in [0, 0.05) is 5.92 Å². The molecule has 1 N–H and O–H groups in total. The van der Waals surface area contributed by atoms with Crippen LogP contribution >= 0.6 is 15.9 Å². The van der Waals surface area contributed by atoms with Crippen molar-refractivity contribution in [2.75, 3.05) is 20.2 Å². The molecule has 0 spiro atoms. The normalized spacial score (nSPS) is 34.4. The minimum Gasteiger partial charge on any atom is -0.496 e. The highest BCUT2D eigenvalue weighted by Gasteiger charge is 2.46. The lowest BCUT2D eigenvalue weighted by Crippen LogP contribution is -2.56. The summed E-state index contributed by atoms with van der Waals surface area (Å²) in [6, 6.07) is 7.04. The van der Waals surface area contributed by atoms with E-state index in [0.717, 1.165) is 10.2 Å². The van der Waals surface area contributed by atoms with Gasteiger partial charge in [-0.25, -0.2) is 0 Å². The highest BCUT2D eigenvalue weighted by atomic mass is 79.9. The van der Waals surface area contributed by atoms with Crippen molar-refractivity contribution < 1.29 is 4.74 Å². The first-order chi connectivity index (χ1) is 9.78. The number of methoxy groups -OCH3 is 1. The van der Waals surface area contributed by atoms with Crippen molar-refractivity contribution >= 4 is 21.6 Å². The first-order valence-corrected chi connectivity index (χ1v) is 7.97. The van der Waals surface area contributed by atoms with Gasteiger partial charge in [0.25, 0.3) is 0 Å². The summed E-state index contributed by atoms with van der Waals surface area (Å²) in [5, 5.41) is 4.65. The summed E-state index contributed by atoms with van der Waals surface area (Å²) in [5.41, 5.74) is 6.01. The highest BCUT2D eigenvalue weighted by molar-refractivity contribution is 9.10. The zero-order valence-electron chi connectivity index (χ0n) is 11.5. The van der Waals surface area contributed by atoms with E-state index in [0.29, 0.717) is 12.0 Å². The maximum Gasteiger partial charge on any atom is 0.133 e. The zero-order valence-corrected chi connectivity index (χ0v) is 13.1. The van der Waals surface area contributed by atoms with Crippen LogP contribution < -0.4 is 10.2 Å². The van der Waals surface area contributed by atoms with E-state index in [4.69, 9.17) is 4.74 Å². The lowest BCUT2D eigenvalue weighted by Gasteiger charge is -2.45. The largest absolute Gasteiger partial charge is 0.496 e. The van der Waals surface area contributed by atoms with Gasteiger partial charge in [0.15, 0.2) is 0 Å². The van der Waals surface area contributed by atoms with Crippen molar-refractivity contribution in [1.82, 2.24) is 10.3 Å². The molecule has 0 aliphatic carbocycles. The average Bonchev–Trinajstić information content (AvgIpc) is 2.95. The molecule has 106 valence electrons. The van der Waals surface area contributed by atoms with Crippen LogP contribution in [0.3, 0.4) is 0 Å². The number of halogens is 1. The number of piperidine rings is 3. The Hall–Kier alpha value is -1.07. The average molecular weight is 336 g/mol. The van der Waals surface area contributed by atoms with Gasteiger partial charge in [0.05, 0.1) is 29.4 Å². The van der Waals surface area contributed by atoms with Crippen molar-refractivity contribution in [1.29, 1.82) is 0 Å². The Kier molecular flexibility index (Phi) is 3.00. The van der Waals surface area contributed by atoms with Gasteiger partial charge in [0.2, 0.25) is 0 Å². The van der Waals surface area contributed by atoms with Crippen LogP contribution in [0.4, 0.5) is 0 Å². The number of benzene rings is 1. The fourth-order valence-corrected chi connectivity index (χ4v) is 4.35. The molecular formula is C15H18BrN3O. The zero-order chi connectivity index (χ0) is 13.7. The summed E-state index contributed by atoms with van der Waals surface area (Å²) in [5.74, 6) is 1.57. The van der Waals surface area contributed by atoms with E-state index < -0.39 is 0 Å². The van der Waals surface area contributed by atoms with Gasteiger partial charge >= 0.3 is 0 Å². The monoisotopic (exact) mass is 335 g/mol. The number of ether oxygens (including phenoxy) is 1. The number of rotatable bonds is 2. The first kappa shape index (κ1) is 12.7. The van der Waals surface area contributed by atoms with E-state index in [-0.39, 0.29) is 6.04 Å². The van der Waals surface area contributed by atoms with Crippen LogP contribution in [0.1, 0.15) is 24.4 Å². The second-order valence-corrected chi connectivity index (χ2v) is 6.65.